The number of piperazine rings is 1. The molecule has 0 amide bonds. The van der Waals surface area contributed by atoms with Gasteiger partial charge in [0.05, 0.1) is 19.1 Å². The molecule has 0 aliphatic carbocycles. The largest absolute Gasteiger partial charge is 0.392 e. The predicted molar refractivity (Wildman–Crippen MR) is 48.8 cm³/mol. The number of rotatable bonds is 2. The minimum absolute atomic E-state index is 0.0282. The molecule has 0 aromatic carbocycles. The second kappa shape index (κ2) is 4.33. The van der Waals surface area contributed by atoms with Gasteiger partial charge in [0.25, 0.3) is 0 Å². The van der Waals surface area contributed by atoms with Gasteiger partial charge in [0.1, 0.15) is 5.84 Å². The van der Waals surface area contributed by atoms with Gasteiger partial charge in [-0.1, -0.05) is 0 Å². The van der Waals surface area contributed by atoms with Crippen LogP contribution in [0, 0.1) is 5.41 Å². The molecule has 0 aromatic rings. The predicted octanol–water partition coefficient (Wildman–Crippen LogP) is -0.308. The second-order valence-corrected chi connectivity index (χ2v) is 3.50. The number of hydrazine groups is 1. The molecule has 8 heteroatoms. The highest BCUT2D eigenvalue weighted by molar-refractivity contribution is 5.82. The van der Waals surface area contributed by atoms with Gasteiger partial charge in [-0.3, -0.25) is 11.3 Å². The molecule has 1 saturated heterocycles. The minimum Gasteiger partial charge on any atom is -0.342 e. The smallest absolute Gasteiger partial charge is 0.342 e. The number of nitrogens with zero attached hydrogens (tertiary/aromatic N) is 2. The lowest BCUT2D eigenvalue weighted by Crippen LogP contribution is -2.58. The molecule has 1 heterocycles. The summed E-state index contributed by atoms with van der Waals surface area (Å²) in [6.07, 6.45) is -6.61. The number of hydrogen-bond donors (Lipinski definition) is 3. The van der Waals surface area contributed by atoms with Gasteiger partial charge in [0, 0.05) is 13.1 Å². The van der Waals surface area contributed by atoms with E-state index >= 15 is 0 Å². The molecule has 1 unspecified atom stereocenters. The molecule has 1 rings (SSSR count). The van der Waals surface area contributed by atoms with Gasteiger partial charge in [-0.05, 0) is 0 Å². The van der Waals surface area contributed by atoms with Crippen molar-refractivity contribution in [1.82, 2.24) is 9.91 Å². The van der Waals surface area contributed by atoms with Gasteiger partial charge in [-0.15, -0.1) is 0 Å². The van der Waals surface area contributed by atoms with Crippen molar-refractivity contribution in [2.45, 2.75) is 18.8 Å². The number of halogens is 3. The van der Waals surface area contributed by atoms with Crippen LogP contribution < -0.4 is 11.6 Å². The Kier molecular flexibility index (Phi) is 3.53. The molecule has 5 N–H and O–H groups in total. The van der Waals surface area contributed by atoms with Crippen LogP contribution in [0.4, 0.5) is 13.2 Å². The fourth-order valence-electron chi connectivity index (χ4n) is 1.45. The Hall–Kier alpha value is -0.860. The van der Waals surface area contributed by atoms with E-state index in [2.05, 4.69) is 0 Å². The molecule has 1 fully saturated rings. The van der Waals surface area contributed by atoms with Crippen molar-refractivity contribution in [2.75, 3.05) is 19.6 Å². The summed E-state index contributed by atoms with van der Waals surface area (Å²) in [6.45, 7) is 0.798. The Morgan fingerprint density at radius 3 is 2.47 bits per heavy atom. The van der Waals surface area contributed by atoms with Crippen molar-refractivity contribution >= 4 is 5.84 Å². The number of hydrogen-bond acceptors (Lipinski definition) is 4. The van der Waals surface area contributed by atoms with Crippen molar-refractivity contribution in [1.29, 1.82) is 5.41 Å². The Morgan fingerprint density at radius 2 is 2.00 bits per heavy atom. The first-order chi connectivity index (χ1) is 6.79. The van der Waals surface area contributed by atoms with Crippen LogP contribution in [0.25, 0.3) is 0 Å². The van der Waals surface area contributed by atoms with Crippen molar-refractivity contribution < 1.29 is 13.2 Å². The average molecular weight is 225 g/mol. The van der Waals surface area contributed by atoms with E-state index in [1.807, 2.05) is 0 Å². The zero-order valence-corrected chi connectivity index (χ0v) is 8.09. The molecule has 0 bridgehead atoms. The summed E-state index contributed by atoms with van der Waals surface area (Å²) >= 11 is 0. The first-order valence-corrected chi connectivity index (χ1v) is 4.45. The standard InChI is InChI=1S/C7H14F3N5/c8-7(9,10)3-5(11)15-2-1-14(13)4-6(15)12/h5,12H,1-4,11,13H2. The number of alkyl halides is 3. The van der Waals surface area contributed by atoms with E-state index in [1.54, 1.807) is 0 Å². The summed E-state index contributed by atoms with van der Waals surface area (Å²) in [5.41, 5.74) is 5.38. The molecule has 0 spiro atoms. The molecule has 0 saturated carbocycles. The molecule has 88 valence electrons. The molecule has 15 heavy (non-hydrogen) atoms. The summed E-state index contributed by atoms with van der Waals surface area (Å²) in [7, 11) is 0. The van der Waals surface area contributed by atoms with Crippen molar-refractivity contribution in [2.24, 2.45) is 11.6 Å². The molecule has 1 aliphatic rings. The van der Waals surface area contributed by atoms with E-state index in [1.165, 1.54) is 9.91 Å². The summed E-state index contributed by atoms with van der Waals surface area (Å²) < 4.78 is 36.2. The maximum atomic E-state index is 12.1. The number of nitrogens with two attached hydrogens (primary N) is 2. The third-order valence-electron chi connectivity index (χ3n) is 2.17. The zero-order chi connectivity index (χ0) is 11.6. The van der Waals surface area contributed by atoms with Crippen LogP contribution in [0.1, 0.15) is 6.42 Å². The van der Waals surface area contributed by atoms with Gasteiger partial charge in [0.15, 0.2) is 0 Å². The first-order valence-electron chi connectivity index (χ1n) is 4.45. The van der Waals surface area contributed by atoms with E-state index in [0.29, 0.717) is 6.54 Å². The second-order valence-electron chi connectivity index (χ2n) is 3.50. The Bertz CT molecular complexity index is 241. The highest BCUT2D eigenvalue weighted by Crippen LogP contribution is 2.22. The molecular weight excluding hydrogens is 211 g/mol. The zero-order valence-electron chi connectivity index (χ0n) is 8.09. The van der Waals surface area contributed by atoms with Gasteiger partial charge in [-0.25, -0.2) is 5.01 Å². The molecule has 0 radical (unpaired) electrons. The van der Waals surface area contributed by atoms with Crippen LogP contribution in [0.2, 0.25) is 0 Å². The van der Waals surface area contributed by atoms with E-state index < -0.39 is 18.8 Å². The van der Waals surface area contributed by atoms with E-state index in [-0.39, 0.29) is 18.9 Å². The Morgan fingerprint density at radius 1 is 1.40 bits per heavy atom. The normalized spacial score (nSPS) is 21.9. The van der Waals surface area contributed by atoms with Crippen molar-refractivity contribution in [3.63, 3.8) is 0 Å². The lowest BCUT2D eigenvalue weighted by Gasteiger charge is -2.38. The monoisotopic (exact) mass is 225 g/mol. The summed E-state index contributed by atoms with van der Waals surface area (Å²) in [6, 6.07) is 0. The SMILES string of the molecule is N=C1CN(N)CCN1C(N)CC(F)(F)F. The highest BCUT2D eigenvalue weighted by Gasteiger charge is 2.34. The highest BCUT2D eigenvalue weighted by atomic mass is 19.4. The van der Waals surface area contributed by atoms with Crippen LogP contribution >= 0.6 is 0 Å². The topological polar surface area (TPSA) is 82.4 Å². The minimum atomic E-state index is -4.31. The average Bonchev–Trinajstić information content (AvgIpc) is 1.99. The quantitative estimate of drug-likeness (QED) is 0.563. The number of nitrogens with one attached hydrogen (secondary N) is 1. The Balaban J connectivity index is 2.53. The first kappa shape index (κ1) is 12.2. The van der Waals surface area contributed by atoms with Crippen molar-refractivity contribution in [3.05, 3.63) is 0 Å². The fraction of sp³-hybridized carbons (Fsp3) is 0.857. The maximum absolute atomic E-state index is 12.1. The van der Waals surface area contributed by atoms with Gasteiger partial charge in [-0.2, -0.15) is 13.2 Å². The van der Waals surface area contributed by atoms with E-state index in [0.717, 1.165) is 0 Å². The summed E-state index contributed by atoms with van der Waals surface area (Å²) in [5, 5.41) is 8.85. The fourth-order valence-corrected chi connectivity index (χ4v) is 1.45. The van der Waals surface area contributed by atoms with Gasteiger partial charge >= 0.3 is 6.18 Å². The molecular formula is C7H14F3N5. The lowest BCUT2D eigenvalue weighted by atomic mass is 10.2. The van der Waals surface area contributed by atoms with Gasteiger partial charge in [0.2, 0.25) is 0 Å². The number of amidine groups is 1. The van der Waals surface area contributed by atoms with Gasteiger partial charge < -0.3 is 10.6 Å². The molecule has 1 aliphatic heterocycles. The van der Waals surface area contributed by atoms with Crippen LogP contribution in [0.15, 0.2) is 0 Å². The maximum Gasteiger partial charge on any atom is 0.392 e. The van der Waals surface area contributed by atoms with E-state index in [4.69, 9.17) is 17.0 Å². The van der Waals surface area contributed by atoms with Crippen LogP contribution in [0.5, 0.6) is 0 Å². The third kappa shape index (κ3) is 3.65. The molecule has 5 nitrogen and oxygen atoms in total. The summed E-state index contributed by atoms with van der Waals surface area (Å²) in [4.78, 5) is 1.23. The summed E-state index contributed by atoms with van der Waals surface area (Å²) in [5.74, 6) is 5.45. The molecule has 1 atom stereocenters. The van der Waals surface area contributed by atoms with Crippen LogP contribution in [0.3, 0.4) is 0 Å². The van der Waals surface area contributed by atoms with Crippen molar-refractivity contribution in [3.8, 4) is 0 Å². The van der Waals surface area contributed by atoms with Crippen LogP contribution in [-0.4, -0.2) is 47.7 Å². The third-order valence-corrected chi connectivity index (χ3v) is 2.17. The van der Waals surface area contributed by atoms with E-state index in [9.17, 15) is 13.2 Å². The Labute approximate surface area is 85.3 Å². The van der Waals surface area contributed by atoms with Crippen LogP contribution in [-0.2, 0) is 0 Å². The lowest BCUT2D eigenvalue weighted by molar-refractivity contribution is -0.144. The molecule has 0 aromatic heterocycles.